The Balaban J connectivity index is 1.73. The first kappa shape index (κ1) is 15.6. The number of carbonyl (C=O) groups excluding carboxylic acids is 1. The van der Waals surface area contributed by atoms with E-state index in [2.05, 4.69) is 10.6 Å². The Hall–Kier alpha value is -1.75. The number of nitrogens with one attached hydrogen (secondary N) is 2. The molecule has 1 fully saturated rings. The van der Waals surface area contributed by atoms with Gasteiger partial charge in [-0.3, -0.25) is 0 Å². The van der Waals surface area contributed by atoms with E-state index in [0.717, 1.165) is 30.6 Å². The number of amides is 2. The third-order valence-electron chi connectivity index (χ3n) is 4.06. The topological polar surface area (TPSA) is 70.6 Å². The zero-order valence-corrected chi connectivity index (χ0v) is 12.7. The number of rotatable bonds is 7. The van der Waals surface area contributed by atoms with Crippen molar-refractivity contribution in [1.29, 1.82) is 0 Å². The van der Waals surface area contributed by atoms with E-state index in [1.54, 1.807) is 7.11 Å². The first-order valence-corrected chi connectivity index (χ1v) is 7.37. The number of hydrogen-bond acceptors (Lipinski definition) is 3. The largest absolute Gasteiger partial charge is 0.497 e. The van der Waals surface area contributed by atoms with Crippen LogP contribution in [0.15, 0.2) is 24.3 Å². The van der Waals surface area contributed by atoms with Gasteiger partial charge < -0.3 is 20.5 Å². The van der Waals surface area contributed by atoms with Gasteiger partial charge in [0.25, 0.3) is 0 Å². The fourth-order valence-electron chi connectivity index (χ4n) is 2.41. The second kappa shape index (κ2) is 6.80. The molecule has 1 aromatic carbocycles. The number of carbonyl (C=O) groups is 1. The summed E-state index contributed by atoms with van der Waals surface area (Å²) < 4.78 is 5.10. The molecule has 1 atom stereocenters. The Morgan fingerprint density at radius 2 is 2.05 bits per heavy atom. The van der Waals surface area contributed by atoms with Crippen LogP contribution < -0.4 is 15.4 Å². The number of aliphatic hydroxyl groups is 1. The van der Waals surface area contributed by atoms with E-state index in [1.165, 1.54) is 0 Å². The minimum absolute atomic E-state index is 0.0242. The third kappa shape index (κ3) is 4.36. The van der Waals surface area contributed by atoms with Crippen molar-refractivity contribution in [3.8, 4) is 5.75 Å². The molecular formula is C16H24N2O3. The van der Waals surface area contributed by atoms with Crippen molar-refractivity contribution >= 4 is 6.03 Å². The SMILES string of the molecule is COc1ccc(CCNC(=O)NC(C)(CO)C2CC2)cc1. The van der Waals surface area contributed by atoms with Crippen molar-refractivity contribution in [3.05, 3.63) is 29.8 Å². The number of ether oxygens (including phenoxy) is 1. The second-order valence-electron chi connectivity index (χ2n) is 5.83. The van der Waals surface area contributed by atoms with Crippen LogP contribution in [0.5, 0.6) is 5.75 Å². The summed E-state index contributed by atoms with van der Waals surface area (Å²) in [5, 5.41) is 15.2. The van der Waals surface area contributed by atoms with Crippen LogP contribution in [0.3, 0.4) is 0 Å². The number of aliphatic hydroxyl groups excluding tert-OH is 1. The van der Waals surface area contributed by atoms with Crippen LogP contribution in [0.4, 0.5) is 4.79 Å². The number of methoxy groups -OCH3 is 1. The van der Waals surface area contributed by atoms with Gasteiger partial charge in [0.15, 0.2) is 0 Å². The normalized spacial score (nSPS) is 16.9. The van der Waals surface area contributed by atoms with Crippen molar-refractivity contribution in [2.75, 3.05) is 20.3 Å². The number of urea groups is 1. The highest BCUT2D eigenvalue weighted by molar-refractivity contribution is 5.74. The fourth-order valence-corrected chi connectivity index (χ4v) is 2.41. The molecule has 0 bridgehead atoms. The Morgan fingerprint density at radius 1 is 1.38 bits per heavy atom. The van der Waals surface area contributed by atoms with Crippen molar-refractivity contribution < 1.29 is 14.6 Å². The lowest BCUT2D eigenvalue weighted by molar-refractivity contribution is 0.155. The quantitative estimate of drug-likeness (QED) is 0.716. The number of benzene rings is 1. The molecule has 5 nitrogen and oxygen atoms in total. The summed E-state index contributed by atoms with van der Waals surface area (Å²) in [4.78, 5) is 11.9. The predicted molar refractivity (Wildman–Crippen MR) is 81.4 cm³/mol. The zero-order valence-electron chi connectivity index (χ0n) is 12.7. The molecule has 0 spiro atoms. The zero-order chi connectivity index (χ0) is 15.3. The molecule has 1 unspecified atom stereocenters. The van der Waals surface area contributed by atoms with Gasteiger partial charge in [0.05, 0.1) is 19.3 Å². The van der Waals surface area contributed by atoms with Gasteiger partial charge in [-0.05, 0) is 49.8 Å². The summed E-state index contributed by atoms with van der Waals surface area (Å²) in [5.41, 5.74) is 0.646. The smallest absolute Gasteiger partial charge is 0.315 e. The molecule has 2 rings (SSSR count). The van der Waals surface area contributed by atoms with Crippen LogP contribution in [0.2, 0.25) is 0 Å². The molecule has 2 amide bonds. The summed E-state index contributed by atoms with van der Waals surface area (Å²) in [6.45, 7) is 2.43. The molecule has 21 heavy (non-hydrogen) atoms. The first-order valence-electron chi connectivity index (χ1n) is 7.37. The lowest BCUT2D eigenvalue weighted by Crippen LogP contribution is -2.54. The van der Waals surface area contributed by atoms with E-state index >= 15 is 0 Å². The average Bonchev–Trinajstić information content (AvgIpc) is 3.33. The molecule has 1 aliphatic rings. The van der Waals surface area contributed by atoms with Crippen LogP contribution in [0.1, 0.15) is 25.3 Å². The van der Waals surface area contributed by atoms with Crippen LogP contribution in [-0.4, -0.2) is 36.9 Å². The lowest BCUT2D eigenvalue weighted by atomic mass is 9.97. The van der Waals surface area contributed by atoms with Crippen molar-refractivity contribution in [2.45, 2.75) is 31.7 Å². The average molecular weight is 292 g/mol. The van der Waals surface area contributed by atoms with E-state index in [0.29, 0.717) is 12.5 Å². The Labute approximate surface area is 125 Å². The van der Waals surface area contributed by atoms with Gasteiger partial charge in [-0.1, -0.05) is 12.1 Å². The van der Waals surface area contributed by atoms with E-state index < -0.39 is 5.54 Å². The molecule has 116 valence electrons. The third-order valence-corrected chi connectivity index (χ3v) is 4.06. The Morgan fingerprint density at radius 3 is 2.57 bits per heavy atom. The highest BCUT2D eigenvalue weighted by Gasteiger charge is 2.42. The molecule has 5 heteroatoms. The standard InChI is InChI=1S/C16H24N2O3/c1-16(11-19,13-5-6-13)18-15(20)17-10-9-12-3-7-14(21-2)8-4-12/h3-4,7-8,13,19H,5-6,9-11H2,1-2H3,(H2,17,18,20). The van der Waals surface area contributed by atoms with Crippen molar-refractivity contribution in [2.24, 2.45) is 5.92 Å². The van der Waals surface area contributed by atoms with E-state index in [9.17, 15) is 9.90 Å². The van der Waals surface area contributed by atoms with E-state index in [1.807, 2.05) is 31.2 Å². The van der Waals surface area contributed by atoms with E-state index in [-0.39, 0.29) is 12.6 Å². The Bertz CT molecular complexity index is 471. The maximum absolute atomic E-state index is 11.9. The van der Waals surface area contributed by atoms with Gasteiger partial charge in [-0.25, -0.2) is 4.79 Å². The van der Waals surface area contributed by atoms with Crippen LogP contribution in [0.25, 0.3) is 0 Å². The molecule has 1 aliphatic carbocycles. The molecule has 0 aromatic heterocycles. The molecule has 1 saturated carbocycles. The molecule has 0 aliphatic heterocycles. The van der Waals surface area contributed by atoms with Gasteiger partial charge in [-0.15, -0.1) is 0 Å². The molecule has 0 heterocycles. The molecular weight excluding hydrogens is 268 g/mol. The minimum Gasteiger partial charge on any atom is -0.497 e. The summed E-state index contributed by atoms with van der Waals surface area (Å²) in [6.07, 6.45) is 2.91. The van der Waals surface area contributed by atoms with Gasteiger partial charge in [-0.2, -0.15) is 0 Å². The Kier molecular flexibility index (Phi) is 5.07. The van der Waals surface area contributed by atoms with Crippen LogP contribution in [0, 0.1) is 5.92 Å². The summed E-state index contributed by atoms with van der Waals surface area (Å²) in [7, 11) is 1.64. The highest BCUT2D eigenvalue weighted by Crippen LogP contribution is 2.39. The summed E-state index contributed by atoms with van der Waals surface area (Å²) in [6, 6.07) is 7.57. The maximum atomic E-state index is 11.9. The van der Waals surface area contributed by atoms with Crippen molar-refractivity contribution in [1.82, 2.24) is 10.6 Å². The van der Waals surface area contributed by atoms with E-state index in [4.69, 9.17) is 4.74 Å². The van der Waals surface area contributed by atoms with Crippen molar-refractivity contribution in [3.63, 3.8) is 0 Å². The summed E-state index contributed by atoms with van der Waals surface area (Å²) in [5.74, 6) is 1.22. The molecule has 3 N–H and O–H groups in total. The molecule has 1 aromatic rings. The number of hydrogen-bond donors (Lipinski definition) is 3. The summed E-state index contributed by atoms with van der Waals surface area (Å²) >= 11 is 0. The highest BCUT2D eigenvalue weighted by atomic mass is 16.5. The first-order chi connectivity index (χ1) is 10.1. The minimum atomic E-state index is -0.496. The van der Waals surface area contributed by atoms with Gasteiger partial charge in [0.1, 0.15) is 5.75 Å². The maximum Gasteiger partial charge on any atom is 0.315 e. The van der Waals surface area contributed by atoms with Crippen LogP contribution >= 0.6 is 0 Å². The monoisotopic (exact) mass is 292 g/mol. The molecule has 0 radical (unpaired) electrons. The van der Waals surface area contributed by atoms with Gasteiger partial charge in [0.2, 0.25) is 0 Å². The van der Waals surface area contributed by atoms with Gasteiger partial charge in [0, 0.05) is 6.54 Å². The predicted octanol–water partition coefficient (Wildman–Crippen LogP) is 1.70. The second-order valence-corrected chi connectivity index (χ2v) is 5.83. The van der Waals surface area contributed by atoms with Crippen LogP contribution in [-0.2, 0) is 6.42 Å². The lowest BCUT2D eigenvalue weighted by Gasteiger charge is -2.28. The molecule has 0 saturated heterocycles. The fraction of sp³-hybridized carbons (Fsp3) is 0.562. The van der Waals surface area contributed by atoms with Gasteiger partial charge >= 0.3 is 6.03 Å².